The molecule has 5 nitrogen and oxygen atoms in total. The van der Waals surface area contributed by atoms with Gasteiger partial charge in [-0.2, -0.15) is 0 Å². The van der Waals surface area contributed by atoms with E-state index < -0.39 is 17.7 Å². The molecule has 1 rings (SSSR count). The minimum Gasteiger partial charge on any atom is -0.444 e. The van der Waals surface area contributed by atoms with Crippen molar-refractivity contribution in [3.8, 4) is 0 Å². The first-order valence-corrected chi connectivity index (χ1v) is 8.03. The van der Waals surface area contributed by atoms with Crippen LogP contribution in [0.3, 0.4) is 0 Å². The molecule has 0 aromatic heterocycles. The average molecular weight is 312 g/mol. The second-order valence-electron chi connectivity index (χ2n) is 8.72. The normalized spacial score (nSPS) is 23.5. The number of amides is 2. The predicted octanol–water partition coefficient (Wildman–Crippen LogP) is 3.48. The Labute approximate surface area is 135 Å². The Bertz CT molecular complexity index is 432. The fraction of sp³-hybridized carbons (Fsp3) is 0.882. The van der Waals surface area contributed by atoms with E-state index in [-0.39, 0.29) is 17.5 Å². The molecule has 1 saturated heterocycles. The molecule has 1 heterocycles. The molecule has 2 amide bonds. The van der Waals surface area contributed by atoms with Gasteiger partial charge in [0.15, 0.2) is 0 Å². The van der Waals surface area contributed by atoms with Crippen LogP contribution in [0, 0.1) is 11.3 Å². The predicted molar refractivity (Wildman–Crippen MR) is 87.3 cm³/mol. The Morgan fingerprint density at radius 1 is 1.18 bits per heavy atom. The van der Waals surface area contributed by atoms with E-state index in [2.05, 4.69) is 13.8 Å². The number of hydrogen-bond donors (Lipinski definition) is 0. The van der Waals surface area contributed by atoms with Gasteiger partial charge in [0, 0.05) is 12.5 Å². The van der Waals surface area contributed by atoms with Gasteiger partial charge >= 0.3 is 6.09 Å². The van der Waals surface area contributed by atoms with Gasteiger partial charge in [0.05, 0.1) is 0 Å². The van der Waals surface area contributed by atoms with E-state index in [1.165, 1.54) is 0 Å². The van der Waals surface area contributed by atoms with E-state index in [9.17, 15) is 9.59 Å². The fourth-order valence-corrected chi connectivity index (χ4v) is 3.03. The summed E-state index contributed by atoms with van der Waals surface area (Å²) in [6, 6.07) is -0.441. The second-order valence-corrected chi connectivity index (χ2v) is 8.72. The van der Waals surface area contributed by atoms with Crippen molar-refractivity contribution in [1.29, 1.82) is 0 Å². The molecule has 0 saturated carbocycles. The summed E-state index contributed by atoms with van der Waals surface area (Å²) in [5.74, 6) is 0.325. The summed E-state index contributed by atoms with van der Waals surface area (Å²) in [6.07, 6.45) is -0.0518. The number of likely N-dealkylation sites (N-methyl/N-ethyl adjacent to an activating group) is 1. The lowest BCUT2D eigenvalue weighted by Gasteiger charge is -2.39. The molecular formula is C17H32N2O3. The minimum atomic E-state index is -0.577. The summed E-state index contributed by atoms with van der Waals surface area (Å²) in [7, 11) is 1.77. The van der Waals surface area contributed by atoms with Gasteiger partial charge in [0.2, 0.25) is 5.91 Å². The van der Waals surface area contributed by atoms with E-state index in [4.69, 9.17) is 4.74 Å². The van der Waals surface area contributed by atoms with Crippen LogP contribution in [0.1, 0.15) is 61.8 Å². The lowest BCUT2D eigenvalue weighted by atomic mass is 9.91. The third kappa shape index (κ3) is 4.14. The van der Waals surface area contributed by atoms with Gasteiger partial charge in [0.25, 0.3) is 0 Å². The fourth-order valence-electron chi connectivity index (χ4n) is 3.03. The molecule has 1 aliphatic heterocycles. The largest absolute Gasteiger partial charge is 0.444 e. The topological polar surface area (TPSA) is 49.9 Å². The quantitative estimate of drug-likeness (QED) is 0.784. The zero-order valence-corrected chi connectivity index (χ0v) is 15.6. The van der Waals surface area contributed by atoms with Gasteiger partial charge in [-0.05, 0) is 33.1 Å². The van der Waals surface area contributed by atoms with Gasteiger partial charge in [0.1, 0.15) is 17.8 Å². The molecule has 0 N–H and O–H groups in total. The van der Waals surface area contributed by atoms with Gasteiger partial charge in [-0.1, -0.05) is 34.6 Å². The minimum absolute atomic E-state index is 0.000478. The first-order valence-electron chi connectivity index (χ1n) is 8.03. The summed E-state index contributed by atoms with van der Waals surface area (Å²) in [6.45, 7) is 15.8. The van der Waals surface area contributed by atoms with Crippen molar-refractivity contribution in [1.82, 2.24) is 9.80 Å². The summed E-state index contributed by atoms with van der Waals surface area (Å²) < 4.78 is 5.56. The molecule has 1 aliphatic rings. The number of hydrogen-bond acceptors (Lipinski definition) is 3. The lowest BCUT2D eigenvalue weighted by molar-refractivity contribution is -0.130. The summed E-state index contributed by atoms with van der Waals surface area (Å²) in [5, 5.41) is 0. The van der Waals surface area contributed by atoms with Crippen LogP contribution in [0.4, 0.5) is 4.79 Å². The molecule has 0 spiro atoms. The Hall–Kier alpha value is -1.26. The highest BCUT2D eigenvalue weighted by Crippen LogP contribution is 2.36. The van der Waals surface area contributed by atoms with Gasteiger partial charge in [-0.3, -0.25) is 9.69 Å². The molecule has 5 heteroatoms. The molecule has 22 heavy (non-hydrogen) atoms. The second kappa shape index (κ2) is 6.09. The Kier molecular flexibility index (Phi) is 5.20. The first kappa shape index (κ1) is 18.8. The highest BCUT2D eigenvalue weighted by Gasteiger charge is 2.52. The Balaban J connectivity index is 3.21. The van der Waals surface area contributed by atoms with Crippen LogP contribution in [-0.2, 0) is 9.53 Å². The van der Waals surface area contributed by atoms with Crippen molar-refractivity contribution < 1.29 is 14.3 Å². The van der Waals surface area contributed by atoms with Crippen molar-refractivity contribution in [2.45, 2.75) is 79.6 Å². The van der Waals surface area contributed by atoms with E-state index in [1.807, 2.05) is 41.5 Å². The SMILES string of the molecule is CC(C)C[C@H]1C(=O)N(C)[C@H](C(C)(C)C)N1C(=O)OC(C)(C)C. The van der Waals surface area contributed by atoms with E-state index in [0.717, 1.165) is 0 Å². The monoisotopic (exact) mass is 312 g/mol. The standard InChI is InChI=1S/C17H32N2O3/c1-11(2)10-12-13(20)18(9)14(16(3,4)5)19(12)15(21)22-17(6,7)8/h11-12,14H,10H2,1-9H3/t12-,14-/m0/s1. The maximum Gasteiger partial charge on any atom is 0.412 e. The van der Waals surface area contributed by atoms with Crippen LogP contribution in [0.2, 0.25) is 0 Å². The van der Waals surface area contributed by atoms with Crippen molar-refractivity contribution in [2.24, 2.45) is 11.3 Å². The number of rotatable bonds is 2. The molecule has 0 bridgehead atoms. The van der Waals surface area contributed by atoms with Crippen LogP contribution < -0.4 is 0 Å². The Morgan fingerprint density at radius 2 is 1.68 bits per heavy atom. The molecule has 0 radical (unpaired) electrons. The molecule has 128 valence electrons. The molecule has 0 aromatic carbocycles. The molecule has 0 aliphatic carbocycles. The number of nitrogens with zero attached hydrogens (tertiary/aromatic N) is 2. The maximum atomic E-state index is 12.7. The smallest absolute Gasteiger partial charge is 0.412 e. The summed E-state index contributed by atoms with van der Waals surface area (Å²) in [4.78, 5) is 28.7. The molecule has 1 fully saturated rings. The number of carbonyl (C=O) groups is 2. The average Bonchev–Trinajstić information content (AvgIpc) is 2.50. The van der Waals surface area contributed by atoms with Crippen molar-refractivity contribution in [3.05, 3.63) is 0 Å². The van der Waals surface area contributed by atoms with Crippen molar-refractivity contribution in [3.63, 3.8) is 0 Å². The highest BCUT2D eigenvalue weighted by atomic mass is 16.6. The molecular weight excluding hydrogens is 280 g/mol. The zero-order chi connectivity index (χ0) is 17.5. The van der Waals surface area contributed by atoms with Gasteiger partial charge in [-0.15, -0.1) is 0 Å². The molecule has 0 unspecified atom stereocenters. The van der Waals surface area contributed by atoms with Gasteiger partial charge < -0.3 is 9.64 Å². The van der Waals surface area contributed by atoms with E-state index in [0.29, 0.717) is 12.3 Å². The summed E-state index contributed by atoms with van der Waals surface area (Å²) >= 11 is 0. The Morgan fingerprint density at radius 3 is 2.05 bits per heavy atom. The van der Waals surface area contributed by atoms with E-state index >= 15 is 0 Å². The number of ether oxygens (including phenoxy) is 1. The lowest BCUT2D eigenvalue weighted by Crippen LogP contribution is -2.52. The first-order chi connectivity index (χ1) is 9.75. The maximum absolute atomic E-state index is 12.7. The van der Waals surface area contributed by atoms with Crippen molar-refractivity contribution >= 4 is 12.0 Å². The summed E-state index contributed by atoms with van der Waals surface area (Å²) in [5.41, 5.74) is -0.820. The van der Waals surface area contributed by atoms with Gasteiger partial charge in [-0.25, -0.2) is 4.79 Å². The van der Waals surface area contributed by atoms with Crippen molar-refractivity contribution in [2.75, 3.05) is 7.05 Å². The molecule has 0 aromatic rings. The van der Waals surface area contributed by atoms with Crippen LogP contribution >= 0.6 is 0 Å². The van der Waals surface area contributed by atoms with Crippen LogP contribution in [0.25, 0.3) is 0 Å². The third-order valence-corrected chi connectivity index (χ3v) is 3.67. The third-order valence-electron chi connectivity index (χ3n) is 3.67. The zero-order valence-electron chi connectivity index (χ0n) is 15.6. The van der Waals surface area contributed by atoms with Crippen LogP contribution in [0.5, 0.6) is 0 Å². The van der Waals surface area contributed by atoms with Crippen LogP contribution in [-0.4, -0.2) is 46.7 Å². The van der Waals surface area contributed by atoms with E-state index in [1.54, 1.807) is 16.8 Å². The highest BCUT2D eigenvalue weighted by molar-refractivity contribution is 5.89. The number of carbonyl (C=O) groups excluding carboxylic acids is 2. The van der Waals surface area contributed by atoms with Crippen LogP contribution in [0.15, 0.2) is 0 Å². The molecule has 2 atom stereocenters.